The molecule has 6 heteroatoms. The van der Waals surface area contributed by atoms with Crippen LogP contribution in [-0.4, -0.2) is 33.3 Å². The molecule has 0 aromatic carbocycles. The van der Waals surface area contributed by atoms with Gasteiger partial charge in [-0.15, -0.1) is 0 Å². The number of hydrogen-bond donors (Lipinski definition) is 0. The predicted molar refractivity (Wildman–Crippen MR) is 109 cm³/mol. The fraction of sp³-hybridized carbons (Fsp3) is 0.429. The Morgan fingerprint density at radius 1 is 1.04 bits per heavy atom. The van der Waals surface area contributed by atoms with E-state index < -0.39 is 0 Å². The van der Waals surface area contributed by atoms with E-state index in [4.69, 9.17) is 4.74 Å². The highest BCUT2D eigenvalue weighted by Crippen LogP contribution is 2.18. The van der Waals surface area contributed by atoms with E-state index in [1.807, 2.05) is 18.2 Å². The average molecular weight is 386 g/mol. The molecular formula is C21H27N3O2S. The molecule has 0 spiro atoms. The second-order valence-electron chi connectivity index (χ2n) is 6.06. The maximum Gasteiger partial charge on any atom is 0.316 e. The van der Waals surface area contributed by atoms with Gasteiger partial charge in [0.15, 0.2) is 5.16 Å². The Kier molecular flexibility index (Phi) is 10.2. The molecule has 5 nitrogen and oxygen atoms in total. The highest BCUT2D eigenvalue weighted by atomic mass is 32.2. The normalized spacial score (nSPS) is 11.0. The summed E-state index contributed by atoms with van der Waals surface area (Å²) in [4.78, 5) is 24.8. The largest absolute Gasteiger partial charge is 0.465 e. The second-order valence-corrected chi connectivity index (χ2v) is 7.00. The SMILES string of the molecule is CCCCCC=CCCCOC(=O)CSc1nccc(-c2ccccn2)n1. The Balaban J connectivity index is 1.63. The van der Waals surface area contributed by atoms with Crippen LogP contribution in [0.4, 0.5) is 0 Å². The smallest absolute Gasteiger partial charge is 0.316 e. The Labute approximate surface area is 165 Å². The lowest BCUT2D eigenvalue weighted by molar-refractivity contribution is -0.140. The lowest BCUT2D eigenvalue weighted by atomic mass is 10.2. The van der Waals surface area contributed by atoms with Crippen molar-refractivity contribution in [3.05, 3.63) is 48.8 Å². The zero-order valence-corrected chi connectivity index (χ0v) is 16.7. The van der Waals surface area contributed by atoms with Gasteiger partial charge in [0, 0.05) is 12.4 Å². The van der Waals surface area contributed by atoms with Crippen molar-refractivity contribution in [2.24, 2.45) is 0 Å². The van der Waals surface area contributed by atoms with Crippen LogP contribution >= 0.6 is 11.8 Å². The first-order valence-corrected chi connectivity index (χ1v) is 10.5. The number of rotatable bonds is 12. The van der Waals surface area contributed by atoms with Gasteiger partial charge in [0.1, 0.15) is 0 Å². The topological polar surface area (TPSA) is 65.0 Å². The van der Waals surface area contributed by atoms with Crippen LogP contribution in [0.5, 0.6) is 0 Å². The minimum Gasteiger partial charge on any atom is -0.465 e. The van der Waals surface area contributed by atoms with E-state index in [1.54, 1.807) is 18.5 Å². The van der Waals surface area contributed by atoms with Crippen molar-refractivity contribution < 1.29 is 9.53 Å². The fourth-order valence-electron chi connectivity index (χ4n) is 2.37. The number of carbonyl (C=O) groups excluding carboxylic acids is 1. The molecule has 2 aromatic heterocycles. The van der Waals surface area contributed by atoms with E-state index in [0.717, 1.165) is 30.7 Å². The molecule has 0 aliphatic heterocycles. The van der Waals surface area contributed by atoms with E-state index >= 15 is 0 Å². The van der Waals surface area contributed by atoms with Crippen molar-refractivity contribution >= 4 is 17.7 Å². The summed E-state index contributed by atoms with van der Waals surface area (Å²) in [6.45, 7) is 2.66. The minimum absolute atomic E-state index is 0.207. The number of nitrogens with zero attached hydrogens (tertiary/aromatic N) is 3. The van der Waals surface area contributed by atoms with Gasteiger partial charge in [0.05, 0.1) is 23.7 Å². The van der Waals surface area contributed by atoms with Gasteiger partial charge in [-0.1, -0.05) is 49.7 Å². The molecule has 0 atom stereocenters. The van der Waals surface area contributed by atoms with Crippen LogP contribution in [0.2, 0.25) is 0 Å². The van der Waals surface area contributed by atoms with E-state index in [0.29, 0.717) is 11.8 Å². The third-order valence-corrected chi connectivity index (χ3v) is 4.63. The lowest BCUT2D eigenvalue weighted by Crippen LogP contribution is -2.08. The maximum atomic E-state index is 11.8. The molecule has 0 aliphatic rings. The molecule has 2 aromatic rings. The van der Waals surface area contributed by atoms with Crippen molar-refractivity contribution in [2.45, 2.75) is 50.6 Å². The van der Waals surface area contributed by atoms with Crippen LogP contribution in [-0.2, 0) is 9.53 Å². The van der Waals surface area contributed by atoms with E-state index in [2.05, 4.69) is 34.0 Å². The van der Waals surface area contributed by atoms with E-state index in [-0.39, 0.29) is 11.7 Å². The highest BCUT2D eigenvalue weighted by Gasteiger charge is 2.08. The monoisotopic (exact) mass is 385 g/mol. The molecule has 0 saturated carbocycles. The molecule has 0 amide bonds. The summed E-state index contributed by atoms with van der Waals surface area (Å²) in [6.07, 6.45) is 14.5. The number of esters is 1. The molecule has 0 radical (unpaired) electrons. The van der Waals surface area contributed by atoms with Gasteiger partial charge >= 0.3 is 5.97 Å². The molecule has 2 rings (SSSR count). The fourth-order valence-corrected chi connectivity index (χ4v) is 3.00. The maximum absolute atomic E-state index is 11.8. The number of allylic oxidation sites excluding steroid dienone is 2. The summed E-state index contributed by atoms with van der Waals surface area (Å²) in [5.41, 5.74) is 1.53. The molecule has 27 heavy (non-hydrogen) atoms. The summed E-state index contributed by atoms with van der Waals surface area (Å²) in [6, 6.07) is 7.47. The average Bonchev–Trinajstić information content (AvgIpc) is 2.72. The Morgan fingerprint density at radius 2 is 1.89 bits per heavy atom. The van der Waals surface area contributed by atoms with Crippen LogP contribution < -0.4 is 0 Å². The molecule has 0 saturated heterocycles. The minimum atomic E-state index is -0.237. The van der Waals surface area contributed by atoms with Crippen LogP contribution in [0.3, 0.4) is 0 Å². The van der Waals surface area contributed by atoms with Crippen molar-refractivity contribution in [2.75, 3.05) is 12.4 Å². The number of unbranched alkanes of at least 4 members (excludes halogenated alkanes) is 4. The van der Waals surface area contributed by atoms with Crippen LogP contribution in [0.15, 0.2) is 54.0 Å². The number of pyridine rings is 1. The van der Waals surface area contributed by atoms with E-state index in [1.165, 1.54) is 31.0 Å². The summed E-state index contributed by atoms with van der Waals surface area (Å²) in [5, 5.41) is 0.546. The number of ether oxygens (including phenoxy) is 1. The molecule has 0 unspecified atom stereocenters. The van der Waals surface area contributed by atoms with Gasteiger partial charge in [-0.25, -0.2) is 9.97 Å². The molecule has 0 fully saturated rings. The standard InChI is InChI=1S/C21H27N3O2S/c1-2-3-4-5-6-7-8-11-16-26-20(25)17-27-21-23-15-13-19(24-21)18-12-9-10-14-22-18/h6-7,9-10,12-15H,2-5,8,11,16-17H2,1H3. The number of hydrogen-bond acceptors (Lipinski definition) is 6. The Bertz CT molecular complexity index is 708. The number of aromatic nitrogens is 3. The van der Waals surface area contributed by atoms with Crippen LogP contribution in [0.25, 0.3) is 11.4 Å². The number of carbonyl (C=O) groups is 1. The third-order valence-electron chi connectivity index (χ3n) is 3.80. The summed E-state index contributed by atoms with van der Waals surface area (Å²) >= 11 is 1.28. The molecule has 2 heterocycles. The van der Waals surface area contributed by atoms with Gasteiger partial charge in [0.25, 0.3) is 0 Å². The van der Waals surface area contributed by atoms with Crippen LogP contribution in [0.1, 0.15) is 45.4 Å². The molecule has 0 bridgehead atoms. The van der Waals surface area contributed by atoms with Gasteiger partial charge < -0.3 is 4.74 Å². The van der Waals surface area contributed by atoms with Gasteiger partial charge in [-0.05, 0) is 43.9 Å². The zero-order valence-electron chi connectivity index (χ0n) is 15.8. The quantitative estimate of drug-likeness (QED) is 0.167. The van der Waals surface area contributed by atoms with Crippen molar-refractivity contribution in [1.82, 2.24) is 15.0 Å². The van der Waals surface area contributed by atoms with Gasteiger partial charge in [-0.2, -0.15) is 0 Å². The summed E-state index contributed by atoms with van der Waals surface area (Å²) in [5.74, 6) is -0.0304. The Morgan fingerprint density at radius 3 is 2.67 bits per heavy atom. The van der Waals surface area contributed by atoms with Crippen LogP contribution in [0, 0.1) is 0 Å². The molecule has 0 N–H and O–H groups in total. The van der Waals surface area contributed by atoms with Crippen molar-refractivity contribution in [1.29, 1.82) is 0 Å². The molecular weight excluding hydrogens is 358 g/mol. The first-order valence-electron chi connectivity index (χ1n) is 9.47. The highest BCUT2D eigenvalue weighted by molar-refractivity contribution is 7.99. The lowest BCUT2D eigenvalue weighted by Gasteiger charge is -2.04. The molecule has 144 valence electrons. The number of thioether (sulfide) groups is 1. The van der Waals surface area contributed by atoms with Crippen molar-refractivity contribution in [3.8, 4) is 11.4 Å². The molecule has 0 aliphatic carbocycles. The third kappa shape index (κ3) is 8.82. The second kappa shape index (κ2) is 13.0. The Hall–Kier alpha value is -2.21. The van der Waals surface area contributed by atoms with Gasteiger partial charge in [-0.3, -0.25) is 9.78 Å². The van der Waals surface area contributed by atoms with Gasteiger partial charge in [0.2, 0.25) is 0 Å². The predicted octanol–water partition coefficient (Wildman–Crippen LogP) is 5.09. The van der Waals surface area contributed by atoms with Crippen molar-refractivity contribution in [3.63, 3.8) is 0 Å². The summed E-state index contributed by atoms with van der Waals surface area (Å²) in [7, 11) is 0. The summed E-state index contributed by atoms with van der Waals surface area (Å²) < 4.78 is 5.26. The first kappa shape index (κ1) is 21.1. The van der Waals surface area contributed by atoms with E-state index in [9.17, 15) is 4.79 Å². The first-order chi connectivity index (χ1) is 13.3. The zero-order chi connectivity index (χ0) is 19.2.